The number of benzene rings is 1. The molecule has 116 valence electrons. The number of hydrogen-bond donors (Lipinski definition) is 0. The average molecular weight is 305 g/mol. The molecule has 0 fully saturated rings. The van der Waals surface area contributed by atoms with Crippen molar-refractivity contribution in [1.82, 2.24) is 9.78 Å². The van der Waals surface area contributed by atoms with E-state index in [4.69, 9.17) is 0 Å². The highest BCUT2D eigenvalue weighted by Gasteiger charge is 2.05. The van der Waals surface area contributed by atoms with Crippen LogP contribution in [-0.2, 0) is 11.2 Å². The summed E-state index contributed by atoms with van der Waals surface area (Å²) >= 11 is 0. The molecule has 0 saturated carbocycles. The molecule has 4 nitrogen and oxygen atoms in total. The SMILES string of the molecule is Cc1cccc(CC(=O)N=c2ccn(C3C=CCC=C3)nc2)c1. The Balaban J connectivity index is 1.72. The summed E-state index contributed by atoms with van der Waals surface area (Å²) in [6.07, 6.45) is 13.2. The third-order valence-corrected chi connectivity index (χ3v) is 3.66. The zero-order valence-corrected chi connectivity index (χ0v) is 13.1. The molecule has 0 atom stereocenters. The summed E-state index contributed by atoms with van der Waals surface area (Å²) < 4.78 is 1.84. The van der Waals surface area contributed by atoms with E-state index in [9.17, 15) is 4.79 Å². The Bertz CT molecular complexity index is 798. The van der Waals surface area contributed by atoms with Crippen LogP contribution in [0, 0.1) is 6.92 Å². The molecule has 1 aliphatic carbocycles. The van der Waals surface area contributed by atoms with Crippen LogP contribution >= 0.6 is 0 Å². The molecule has 0 saturated heterocycles. The Morgan fingerprint density at radius 1 is 1.30 bits per heavy atom. The maximum absolute atomic E-state index is 12.1. The molecule has 1 aliphatic rings. The lowest BCUT2D eigenvalue weighted by Gasteiger charge is -2.13. The molecule has 3 rings (SSSR count). The largest absolute Gasteiger partial charge is 0.272 e. The molecule has 1 heterocycles. The topological polar surface area (TPSA) is 47.2 Å². The van der Waals surface area contributed by atoms with Crippen LogP contribution in [0.4, 0.5) is 0 Å². The minimum atomic E-state index is -0.160. The van der Waals surface area contributed by atoms with E-state index < -0.39 is 0 Å². The van der Waals surface area contributed by atoms with Gasteiger partial charge in [0.25, 0.3) is 5.91 Å². The predicted octanol–water partition coefficient (Wildman–Crippen LogP) is 2.92. The molecule has 4 heteroatoms. The van der Waals surface area contributed by atoms with Gasteiger partial charge in [-0.3, -0.25) is 9.48 Å². The van der Waals surface area contributed by atoms with Gasteiger partial charge in [-0.1, -0.05) is 54.1 Å². The van der Waals surface area contributed by atoms with Gasteiger partial charge in [0.05, 0.1) is 24.0 Å². The summed E-state index contributed by atoms with van der Waals surface area (Å²) in [6, 6.07) is 9.87. The Morgan fingerprint density at radius 3 is 2.83 bits per heavy atom. The fourth-order valence-corrected chi connectivity index (χ4v) is 2.54. The van der Waals surface area contributed by atoms with Crippen molar-refractivity contribution in [2.75, 3.05) is 0 Å². The monoisotopic (exact) mass is 305 g/mol. The van der Waals surface area contributed by atoms with Crippen LogP contribution < -0.4 is 5.36 Å². The molecule has 0 radical (unpaired) electrons. The molecule has 1 aromatic heterocycles. The Kier molecular flexibility index (Phi) is 4.62. The summed E-state index contributed by atoms with van der Waals surface area (Å²) in [5.74, 6) is -0.160. The van der Waals surface area contributed by atoms with Gasteiger partial charge >= 0.3 is 0 Å². The number of amides is 1. The molecular weight excluding hydrogens is 286 g/mol. The summed E-state index contributed by atoms with van der Waals surface area (Å²) in [7, 11) is 0. The van der Waals surface area contributed by atoms with E-state index in [0.717, 1.165) is 17.5 Å². The molecule has 0 unspecified atom stereocenters. The maximum atomic E-state index is 12.1. The molecule has 1 amide bonds. The van der Waals surface area contributed by atoms with Crippen molar-refractivity contribution >= 4 is 5.91 Å². The number of nitrogens with zero attached hydrogens (tertiary/aromatic N) is 3. The first-order valence-corrected chi connectivity index (χ1v) is 7.71. The highest BCUT2D eigenvalue weighted by molar-refractivity contribution is 5.79. The lowest BCUT2D eigenvalue weighted by molar-refractivity contribution is -0.117. The van der Waals surface area contributed by atoms with E-state index in [-0.39, 0.29) is 11.9 Å². The highest BCUT2D eigenvalue weighted by atomic mass is 16.1. The molecule has 0 spiro atoms. The van der Waals surface area contributed by atoms with Crippen LogP contribution in [0.25, 0.3) is 0 Å². The number of rotatable bonds is 3. The van der Waals surface area contributed by atoms with Gasteiger partial charge in [0.15, 0.2) is 0 Å². The molecule has 1 aromatic carbocycles. The normalized spacial score (nSPS) is 15.1. The van der Waals surface area contributed by atoms with Gasteiger partial charge in [0.2, 0.25) is 0 Å². The third kappa shape index (κ3) is 4.13. The van der Waals surface area contributed by atoms with Crippen molar-refractivity contribution in [2.24, 2.45) is 4.99 Å². The van der Waals surface area contributed by atoms with E-state index in [1.165, 1.54) is 0 Å². The molecule has 0 bridgehead atoms. The quantitative estimate of drug-likeness (QED) is 0.819. The van der Waals surface area contributed by atoms with E-state index in [1.807, 2.05) is 48.1 Å². The minimum absolute atomic E-state index is 0.140. The standard InChI is InChI=1S/C19H19N3O/c1-15-6-5-7-16(12-15)13-19(23)21-17-10-11-22(20-14-17)18-8-3-2-4-9-18/h3-12,14,18H,2,13H2,1H3. The lowest BCUT2D eigenvalue weighted by atomic mass is 10.1. The van der Waals surface area contributed by atoms with Crippen LogP contribution in [0.1, 0.15) is 23.6 Å². The molecule has 2 aromatic rings. The predicted molar refractivity (Wildman–Crippen MR) is 89.6 cm³/mol. The van der Waals surface area contributed by atoms with Gasteiger partial charge in [0, 0.05) is 6.20 Å². The Morgan fingerprint density at radius 2 is 2.13 bits per heavy atom. The van der Waals surface area contributed by atoms with Crippen molar-refractivity contribution in [1.29, 1.82) is 0 Å². The molecule has 23 heavy (non-hydrogen) atoms. The van der Waals surface area contributed by atoms with Gasteiger partial charge in [-0.15, -0.1) is 0 Å². The number of hydrogen-bond acceptors (Lipinski definition) is 2. The first kappa shape index (κ1) is 15.2. The second kappa shape index (κ2) is 7.01. The van der Waals surface area contributed by atoms with Crippen molar-refractivity contribution in [3.8, 4) is 0 Å². The fourth-order valence-electron chi connectivity index (χ4n) is 2.54. The van der Waals surface area contributed by atoms with Crippen LogP contribution in [0.2, 0.25) is 0 Å². The van der Waals surface area contributed by atoms with Crippen molar-refractivity contribution in [3.05, 3.63) is 83.5 Å². The third-order valence-electron chi connectivity index (χ3n) is 3.66. The summed E-state index contributed by atoms with van der Waals surface area (Å²) in [5.41, 5.74) is 2.13. The van der Waals surface area contributed by atoms with Crippen LogP contribution in [0.3, 0.4) is 0 Å². The van der Waals surface area contributed by atoms with Crippen molar-refractivity contribution in [2.45, 2.75) is 25.8 Å². The van der Waals surface area contributed by atoms with Crippen molar-refractivity contribution < 1.29 is 4.79 Å². The number of allylic oxidation sites excluding steroid dienone is 4. The minimum Gasteiger partial charge on any atom is -0.272 e. The molecular formula is C19H19N3O. The first-order valence-electron chi connectivity index (χ1n) is 7.71. The zero-order chi connectivity index (χ0) is 16.1. The Hall–Kier alpha value is -2.75. The average Bonchev–Trinajstić information content (AvgIpc) is 2.56. The van der Waals surface area contributed by atoms with E-state index >= 15 is 0 Å². The summed E-state index contributed by atoms with van der Waals surface area (Å²) in [5, 5.41) is 4.93. The molecule has 0 N–H and O–H groups in total. The van der Waals surface area contributed by atoms with Gasteiger partial charge in [-0.2, -0.15) is 5.10 Å². The summed E-state index contributed by atoms with van der Waals surface area (Å²) in [6.45, 7) is 2.01. The number of carbonyl (C=O) groups excluding carboxylic acids is 1. The van der Waals surface area contributed by atoms with E-state index in [1.54, 1.807) is 6.20 Å². The Labute approximate surface area is 135 Å². The lowest BCUT2D eigenvalue weighted by Crippen LogP contribution is -2.15. The van der Waals surface area contributed by atoms with Crippen LogP contribution in [0.5, 0.6) is 0 Å². The zero-order valence-electron chi connectivity index (χ0n) is 13.1. The smallest absolute Gasteiger partial charge is 0.250 e. The first-order chi connectivity index (χ1) is 11.2. The second-order valence-corrected chi connectivity index (χ2v) is 5.62. The van der Waals surface area contributed by atoms with E-state index in [0.29, 0.717) is 11.8 Å². The van der Waals surface area contributed by atoms with Gasteiger partial charge in [-0.05, 0) is 25.0 Å². The second-order valence-electron chi connectivity index (χ2n) is 5.62. The number of aromatic nitrogens is 2. The highest BCUT2D eigenvalue weighted by Crippen LogP contribution is 2.13. The maximum Gasteiger partial charge on any atom is 0.250 e. The summed E-state index contributed by atoms with van der Waals surface area (Å²) in [4.78, 5) is 16.2. The number of aryl methyl sites for hydroxylation is 1. The van der Waals surface area contributed by atoms with Crippen LogP contribution in [-0.4, -0.2) is 15.7 Å². The van der Waals surface area contributed by atoms with E-state index in [2.05, 4.69) is 34.4 Å². The molecule has 0 aliphatic heterocycles. The van der Waals surface area contributed by atoms with Gasteiger partial charge in [-0.25, -0.2) is 4.99 Å². The van der Waals surface area contributed by atoms with Gasteiger partial charge < -0.3 is 0 Å². The number of carbonyl (C=O) groups is 1. The van der Waals surface area contributed by atoms with Crippen LogP contribution in [0.15, 0.2) is 72.0 Å². The van der Waals surface area contributed by atoms with Gasteiger partial charge in [0.1, 0.15) is 0 Å². The fraction of sp³-hybridized carbons (Fsp3) is 0.211. The van der Waals surface area contributed by atoms with Crippen molar-refractivity contribution in [3.63, 3.8) is 0 Å².